The summed E-state index contributed by atoms with van der Waals surface area (Å²) in [5.74, 6) is 1.01. The third kappa shape index (κ3) is 4.45. The van der Waals surface area contributed by atoms with Crippen molar-refractivity contribution in [1.82, 2.24) is 9.78 Å². The predicted molar refractivity (Wildman–Crippen MR) is 75.5 cm³/mol. The summed E-state index contributed by atoms with van der Waals surface area (Å²) in [5, 5.41) is 15.3. The summed E-state index contributed by atoms with van der Waals surface area (Å²) in [4.78, 5) is 0. The molecule has 3 nitrogen and oxygen atoms in total. The second-order valence-electron chi connectivity index (χ2n) is 6.50. The average molecular weight is 252 g/mol. The van der Waals surface area contributed by atoms with Crippen molar-refractivity contribution in [1.29, 1.82) is 0 Å². The molecule has 1 N–H and O–H groups in total. The van der Waals surface area contributed by atoms with Crippen LogP contribution in [0.25, 0.3) is 0 Å². The van der Waals surface area contributed by atoms with E-state index in [0.717, 1.165) is 24.2 Å². The second-order valence-corrected chi connectivity index (χ2v) is 6.50. The van der Waals surface area contributed by atoms with Gasteiger partial charge in [-0.05, 0) is 37.7 Å². The zero-order valence-electron chi connectivity index (χ0n) is 12.7. The summed E-state index contributed by atoms with van der Waals surface area (Å²) >= 11 is 0. The maximum Gasteiger partial charge on any atom is 0.0707 e. The molecule has 3 heteroatoms. The Bertz CT molecular complexity index is 370. The highest BCUT2D eigenvalue weighted by atomic mass is 16.3. The third-order valence-corrected chi connectivity index (χ3v) is 3.19. The van der Waals surface area contributed by atoms with E-state index >= 15 is 0 Å². The highest BCUT2D eigenvalue weighted by molar-refractivity contribution is 5.11. The Hall–Kier alpha value is -0.830. The number of hydrogen-bond donors (Lipinski definition) is 1. The average Bonchev–Trinajstić information content (AvgIpc) is 2.40. The molecule has 1 heterocycles. The van der Waals surface area contributed by atoms with Crippen LogP contribution in [-0.2, 0) is 13.5 Å². The predicted octanol–water partition coefficient (Wildman–Crippen LogP) is 3.09. The van der Waals surface area contributed by atoms with Crippen molar-refractivity contribution >= 4 is 0 Å². The Morgan fingerprint density at radius 1 is 1.22 bits per heavy atom. The molecule has 0 fully saturated rings. The van der Waals surface area contributed by atoms with Gasteiger partial charge in [0.15, 0.2) is 0 Å². The molecular formula is C15H28N2O. The number of hydrogen-bond acceptors (Lipinski definition) is 2. The molecule has 0 spiro atoms. The van der Waals surface area contributed by atoms with Crippen LogP contribution in [0.1, 0.15) is 51.9 Å². The van der Waals surface area contributed by atoms with Gasteiger partial charge in [0.2, 0.25) is 0 Å². The van der Waals surface area contributed by atoms with Gasteiger partial charge in [-0.1, -0.05) is 27.7 Å². The smallest absolute Gasteiger partial charge is 0.0707 e. The summed E-state index contributed by atoms with van der Waals surface area (Å²) in [7, 11) is 1.95. The fraction of sp³-hybridized carbons (Fsp3) is 0.800. The van der Waals surface area contributed by atoms with E-state index in [4.69, 9.17) is 0 Å². The van der Waals surface area contributed by atoms with Crippen LogP contribution in [0.4, 0.5) is 0 Å². The number of aryl methyl sites for hydroxylation is 2. The SMILES string of the molecule is Cc1cc(CC(O)(CC(C)C)CC(C)C)n(C)n1. The van der Waals surface area contributed by atoms with E-state index in [-0.39, 0.29) is 0 Å². The maximum atomic E-state index is 10.9. The number of rotatable bonds is 6. The van der Waals surface area contributed by atoms with Crippen LogP contribution in [0, 0.1) is 18.8 Å². The molecule has 0 aliphatic rings. The molecule has 104 valence electrons. The van der Waals surface area contributed by atoms with Crippen LogP contribution >= 0.6 is 0 Å². The Labute approximate surface area is 111 Å². The van der Waals surface area contributed by atoms with E-state index in [1.807, 2.05) is 18.7 Å². The molecule has 1 aromatic rings. The van der Waals surface area contributed by atoms with Crippen molar-refractivity contribution in [3.63, 3.8) is 0 Å². The minimum absolute atomic E-state index is 0.503. The molecule has 0 bridgehead atoms. The normalized spacial score (nSPS) is 12.7. The minimum atomic E-state index is -0.609. The molecule has 1 rings (SSSR count). The van der Waals surface area contributed by atoms with Gasteiger partial charge in [0, 0.05) is 19.2 Å². The van der Waals surface area contributed by atoms with Gasteiger partial charge < -0.3 is 5.11 Å². The van der Waals surface area contributed by atoms with Gasteiger partial charge in [-0.2, -0.15) is 5.10 Å². The summed E-state index contributed by atoms with van der Waals surface area (Å²) in [6.07, 6.45) is 2.38. The van der Waals surface area contributed by atoms with E-state index in [1.165, 1.54) is 0 Å². The molecule has 0 amide bonds. The van der Waals surface area contributed by atoms with E-state index in [2.05, 4.69) is 38.9 Å². The first-order valence-corrected chi connectivity index (χ1v) is 6.94. The summed E-state index contributed by atoms with van der Waals surface area (Å²) < 4.78 is 1.89. The molecule has 0 aliphatic heterocycles. The number of nitrogens with zero attached hydrogens (tertiary/aromatic N) is 2. The van der Waals surface area contributed by atoms with Gasteiger partial charge in [-0.15, -0.1) is 0 Å². The highest BCUT2D eigenvalue weighted by Gasteiger charge is 2.30. The fourth-order valence-electron chi connectivity index (χ4n) is 2.91. The lowest BCUT2D eigenvalue weighted by atomic mass is 9.81. The molecule has 0 aliphatic carbocycles. The molecule has 0 saturated carbocycles. The lowest BCUT2D eigenvalue weighted by Crippen LogP contribution is -2.35. The number of aliphatic hydroxyl groups is 1. The van der Waals surface area contributed by atoms with E-state index in [1.54, 1.807) is 0 Å². The quantitative estimate of drug-likeness (QED) is 0.845. The van der Waals surface area contributed by atoms with Crippen LogP contribution in [0.5, 0.6) is 0 Å². The second kappa shape index (κ2) is 5.87. The van der Waals surface area contributed by atoms with Crippen molar-refractivity contribution in [2.75, 3.05) is 0 Å². The Morgan fingerprint density at radius 2 is 1.72 bits per heavy atom. The molecule has 0 unspecified atom stereocenters. The van der Waals surface area contributed by atoms with E-state index in [0.29, 0.717) is 18.3 Å². The maximum absolute atomic E-state index is 10.9. The van der Waals surface area contributed by atoms with Crippen LogP contribution in [-0.4, -0.2) is 20.5 Å². The molecular weight excluding hydrogens is 224 g/mol. The van der Waals surface area contributed by atoms with Gasteiger partial charge in [0.25, 0.3) is 0 Å². The summed E-state index contributed by atoms with van der Waals surface area (Å²) in [6.45, 7) is 10.7. The first kappa shape index (κ1) is 15.2. The van der Waals surface area contributed by atoms with Gasteiger partial charge in [0.05, 0.1) is 11.3 Å². The van der Waals surface area contributed by atoms with Gasteiger partial charge in [-0.3, -0.25) is 4.68 Å². The zero-order valence-corrected chi connectivity index (χ0v) is 12.7. The lowest BCUT2D eigenvalue weighted by Gasteiger charge is -2.31. The first-order valence-electron chi connectivity index (χ1n) is 6.94. The summed E-state index contributed by atoms with van der Waals surface area (Å²) in [6, 6.07) is 2.08. The van der Waals surface area contributed by atoms with Gasteiger partial charge in [0.1, 0.15) is 0 Å². The van der Waals surface area contributed by atoms with E-state index < -0.39 is 5.60 Å². The third-order valence-electron chi connectivity index (χ3n) is 3.19. The molecule has 1 aromatic heterocycles. The molecule has 18 heavy (non-hydrogen) atoms. The van der Waals surface area contributed by atoms with Crippen molar-refractivity contribution in [3.05, 3.63) is 17.5 Å². The fourth-order valence-corrected chi connectivity index (χ4v) is 2.91. The Morgan fingerprint density at radius 3 is 2.06 bits per heavy atom. The lowest BCUT2D eigenvalue weighted by molar-refractivity contribution is -0.000784. The Balaban J connectivity index is 2.87. The van der Waals surface area contributed by atoms with Crippen molar-refractivity contribution in [2.24, 2.45) is 18.9 Å². The molecule has 0 radical (unpaired) electrons. The molecule has 0 atom stereocenters. The summed E-state index contributed by atoms with van der Waals surface area (Å²) in [5.41, 5.74) is 1.53. The largest absolute Gasteiger partial charge is 0.389 e. The van der Waals surface area contributed by atoms with Crippen LogP contribution in [0.2, 0.25) is 0 Å². The van der Waals surface area contributed by atoms with Crippen molar-refractivity contribution in [2.45, 2.75) is 59.5 Å². The molecule has 0 aromatic carbocycles. The number of aromatic nitrogens is 2. The van der Waals surface area contributed by atoms with Crippen LogP contribution in [0.15, 0.2) is 6.07 Å². The van der Waals surface area contributed by atoms with Crippen molar-refractivity contribution in [3.8, 4) is 0 Å². The topological polar surface area (TPSA) is 38.0 Å². The van der Waals surface area contributed by atoms with Crippen LogP contribution in [0.3, 0.4) is 0 Å². The Kier molecular flexibility index (Phi) is 4.97. The standard InChI is InChI=1S/C15H28N2O/c1-11(2)8-15(18,9-12(3)4)10-14-7-13(5)16-17(14)6/h7,11-12,18H,8-10H2,1-6H3. The van der Waals surface area contributed by atoms with Gasteiger partial charge >= 0.3 is 0 Å². The zero-order chi connectivity index (χ0) is 13.9. The van der Waals surface area contributed by atoms with Crippen LogP contribution < -0.4 is 0 Å². The monoisotopic (exact) mass is 252 g/mol. The van der Waals surface area contributed by atoms with Gasteiger partial charge in [-0.25, -0.2) is 0 Å². The minimum Gasteiger partial charge on any atom is -0.389 e. The van der Waals surface area contributed by atoms with Crippen molar-refractivity contribution < 1.29 is 5.11 Å². The first-order chi connectivity index (χ1) is 8.22. The van der Waals surface area contributed by atoms with E-state index in [9.17, 15) is 5.11 Å². The highest BCUT2D eigenvalue weighted by Crippen LogP contribution is 2.28. The molecule has 0 saturated heterocycles.